The zero-order valence-electron chi connectivity index (χ0n) is 17.3. The van der Waals surface area contributed by atoms with Gasteiger partial charge in [0.2, 0.25) is 0 Å². The van der Waals surface area contributed by atoms with Gasteiger partial charge in [-0.25, -0.2) is 5.01 Å². The Labute approximate surface area is 178 Å². The quantitative estimate of drug-likeness (QED) is 0.304. The Balaban J connectivity index is 1.73. The Kier molecular flexibility index (Phi) is 4.91. The van der Waals surface area contributed by atoms with Crippen molar-refractivity contribution in [2.45, 2.75) is 32.7 Å². The van der Waals surface area contributed by atoms with Crippen LogP contribution in [-0.4, -0.2) is 58.9 Å². The molecule has 1 aromatic carbocycles. The summed E-state index contributed by atoms with van der Waals surface area (Å²) < 4.78 is 10.3. The molecule has 1 aliphatic carbocycles. The van der Waals surface area contributed by atoms with Gasteiger partial charge in [-0.15, -0.1) is 0 Å². The number of esters is 2. The van der Waals surface area contributed by atoms with Gasteiger partial charge in [0.05, 0.1) is 30.4 Å². The summed E-state index contributed by atoms with van der Waals surface area (Å²) in [6.07, 6.45) is -0.174. The van der Waals surface area contributed by atoms with E-state index in [4.69, 9.17) is 9.47 Å². The third-order valence-corrected chi connectivity index (χ3v) is 6.16. The summed E-state index contributed by atoms with van der Waals surface area (Å²) in [4.78, 5) is 64.6. The second kappa shape index (κ2) is 7.33. The minimum atomic E-state index is -1.64. The molecule has 3 aliphatic rings. The van der Waals surface area contributed by atoms with E-state index in [9.17, 15) is 24.0 Å². The number of rotatable bonds is 5. The van der Waals surface area contributed by atoms with E-state index in [2.05, 4.69) is 6.58 Å². The molecule has 2 heterocycles. The van der Waals surface area contributed by atoms with Gasteiger partial charge in [-0.2, -0.15) is 5.01 Å². The van der Waals surface area contributed by atoms with Gasteiger partial charge in [0, 0.05) is 11.5 Å². The maximum atomic E-state index is 13.0. The summed E-state index contributed by atoms with van der Waals surface area (Å²) in [6.45, 7) is 7.21. The average Bonchev–Trinajstić information content (AvgIpc) is 3.34. The minimum Gasteiger partial charge on any atom is -0.465 e. The molecule has 2 fully saturated rings. The summed E-state index contributed by atoms with van der Waals surface area (Å²) >= 11 is 0. The van der Waals surface area contributed by atoms with Crippen LogP contribution in [0.3, 0.4) is 0 Å². The van der Waals surface area contributed by atoms with Crippen molar-refractivity contribution in [2.24, 2.45) is 11.3 Å². The molecular formula is C22H22N2O7. The van der Waals surface area contributed by atoms with E-state index in [0.717, 1.165) is 10.0 Å². The molecule has 1 aromatic rings. The molecule has 0 aromatic heterocycles. The zero-order valence-corrected chi connectivity index (χ0v) is 17.3. The second-order valence-electron chi connectivity index (χ2n) is 7.75. The molecule has 2 aliphatic heterocycles. The number of ether oxygens (including phenoxy) is 2. The number of carbonyl (C=O) groups is 5. The van der Waals surface area contributed by atoms with E-state index in [0.29, 0.717) is 0 Å². The first-order valence-electron chi connectivity index (χ1n) is 10.1. The van der Waals surface area contributed by atoms with E-state index >= 15 is 0 Å². The Bertz CT molecular complexity index is 977. The van der Waals surface area contributed by atoms with Crippen LogP contribution in [0.25, 0.3) is 0 Å². The number of nitrogens with zero attached hydrogens (tertiary/aromatic N) is 2. The largest absolute Gasteiger partial charge is 0.465 e. The molecule has 0 unspecified atom stereocenters. The van der Waals surface area contributed by atoms with Gasteiger partial charge in [-0.3, -0.25) is 24.0 Å². The van der Waals surface area contributed by atoms with Gasteiger partial charge < -0.3 is 9.47 Å². The zero-order chi connectivity index (χ0) is 22.5. The molecule has 3 amide bonds. The molecule has 1 saturated heterocycles. The molecule has 2 atom stereocenters. The van der Waals surface area contributed by atoms with E-state index in [1.165, 1.54) is 12.1 Å². The van der Waals surface area contributed by atoms with Crippen molar-refractivity contribution in [3.63, 3.8) is 0 Å². The van der Waals surface area contributed by atoms with Crippen LogP contribution in [-0.2, 0) is 23.9 Å². The second-order valence-corrected chi connectivity index (χ2v) is 7.75. The van der Waals surface area contributed by atoms with Crippen molar-refractivity contribution >= 4 is 29.7 Å². The predicted molar refractivity (Wildman–Crippen MR) is 105 cm³/mol. The lowest BCUT2D eigenvalue weighted by Crippen LogP contribution is -2.52. The normalized spacial score (nSPS) is 23.8. The SMILES string of the molecule is C=C1C(=O)N(N2C(=O)c3ccccc3C2=O)[C@@H]2CC(C(=O)OCC)(C(=O)OCC)C[C@H]12. The van der Waals surface area contributed by atoms with Crippen LogP contribution < -0.4 is 0 Å². The van der Waals surface area contributed by atoms with Gasteiger partial charge in [-0.05, 0) is 38.8 Å². The van der Waals surface area contributed by atoms with Crippen molar-refractivity contribution in [2.75, 3.05) is 13.2 Å². The third-order valence-electron chi connectivity index (χ3n) is 6.16. The Morgan fingerprint density at radius 1 is 0.968 bits per heavy atom. The fourth-order valence-corrected chi connectivity index (χ4v) is 4.73. The molecule has 9 nitrogen and oxygen atoms in total. The molecule has 0 spiro atoms. The van der Waals surface area contributed by atoms with Crippen LogP contribution in [0, 0.1) is 11.3 Å². The lowest BCUT2D eigenvalue weighted by molar-refractivity contribution is -0.172. The van der Waals surface area contributed by atoms with Crippen molar-refractivity contribution in [3.05, 3.63) is 47.5 Å². The average molecular weight is 426 g/mol. The number of hydrazine groups is 1. The molecule has 1 saturated carbocycles. The lowest BCUT2D eigenvalue weighted by Gasteiger charge is -2.32. The highest BCUT2D eigenvalue weighted by molar-refractivity contribution is 6.22. The Morgan fingerprint density at radius 2 is 1.48 bits per heavy atom. The van der Waals surface area contributed by atoms with Gasteiger partial charge in [-0.1, -0.05) is 18.7 Å². The minimum absolute atomic E-state index is 0.0421. The maximum absolute atomic E-state index is 13.0. The fraction of sp³-hybridized carbons (Fsp3) is 0.409. The first kappa shape index (κ1) is 20.8. The van der Waals surface area contributed by atoms with Crippen LogP contribution in [0.4, 0.5) is 0 Å². The molecule has 0 radical (unpaired) electrons. The smallest absolute Gasteiger partial charge is 0.323 e. The molecule has 4 rings (SSSR count). The van der Waals surface area contributed by atoms with Crippen LogP contribution in [0.15, 0.2) is 36.4 Å². The van der Waals surface area contributed by atoms with E-state index < -0.39 is 47.0 Å². The number of amides is 3. The van der Waals surface area contributed by atoms with Gasteiger partial charge in [0.15, 0.2) is 5.41 Å². The first-order valence-corrected chi connectivity index (χ1v) is 10.1. The molecule has 0 N–H and O–H groups in total. The molecule has 9 heteroatoms. The number of carbonyl (C=O) groups excluding carboxylic acids is 5. The first-order chi connectivity index (χ1) is 14.8. The molecule has 0 bridgehead atoms. The predicted octanol–water partition coefficient (Wildman–Crippen LogP) is 1.49. The standard InChI is InChI=1S/C22H22N2O7/c1-4-30-20(28)22(21(29)31-5-2)10-15-12(3)17(25)23(16(15)11-22)24-18(26)13-8-6-7-9-14(13)19(24)27/h6-9,15-16H,3-5,10-11H2,1-2H3/t15-,16-/m1/s1. The Hall–Kier alpha value is -3.49. The van der Waals surface area contributed by atoms with Gasteiger partial charge in [0.1, 0.15) is 0 Å². The monoisotopic (exact) mass is 426 g/mol. The summed E-state index contributed by atoms with van der Waals surface area (Å²) in [7, 11) is 0. The van der Waals surface area contributed by atoms with Crippen molar-refractivity contribution in [1.82, 2.24) is 10.0 Å². The fourth-order valence-electron chi connectivity index (χ4n) is 4.73. The van der Waals surface area contributed by atoms with Crippen molar-refractivity contribution in [1.29, 1.82) is 0 Å². The number of imide groups is 1. The third kappa shape index (κ3) is 2.79. The van der Waals surface area contributed by atoms with Gasteiger partial charge >= 0.3 is 11.9 Å². The molecule has 31 heavy (non-hydrogen) atoms. The van der Waals surface area contributed by atoms with Crippen molar-refractivity contribution in [3.8, 4) is 0 Å². The highest BCUT2D eigenvalue weighted by Crippen LogP contribution is 2.53. The Morgan fingerprint density at radius 3 is 1.97 bits per heavy atom. The summed E-state index contributed by atoms with van der Waals surface area (Å²) in [5.41, 5.74) is -1.12. The number of fused-ring (bicyclic) bond motifs is 2. The van der Waals surface area contributed by atoms with Crippen LogP contribution in [0.1, 0.15) is 47.4 Å². The highest BCUT2D eigenvalue weighted by atomic mass is 16.6. The number of hydrogen-bond donors (Lipinski definition) is 0. The van der Waals surface area contributed by atoms with E-state index in [-0.39, 0.29) is 42.8 Å². The van der Waals surface area contributed by atoms with E-state index in [1.54, 1.807) is 26.0 Å². The van der Waals surface area contributed by atoms with Crippen molar-refractivity contribution < 1.29 is 33.4 Å². The maximum Gasteiger partial charge on any atom is 0.323 e. The van der Waals surface area contributed by atoms with Crippen LogP contribution in [0.2, 0.25) is 0 Å². The lowest BCUT2D eigenvalue weighted by atomic mass is 9.84. The summed E-state index contributed by atoms with van der Waals surface area (Å²) in [5, 5.41) is 1.85. The number of benzene rings is 1. The van der Waals surface area contributed by atoms with Gasteiger partial charge in [0.25, 0.3) is 17.7 Å². The number of hydrogen-bond acceptors (Lipinski definition) is 7. The van der Waals surface area contributed by atoms with Crippen LogP contribution in [0.5, 0.6) is 0 Å². The summed E-state index contributed by atoms with van der Waals surface area (Å²) in [6, 6.07) is 5.50. The van der Waals surface area contributed by atoms with Crippen LogP contribution >= 0.6 is 0 Å². The molecular weight excluding hydrogens is 404 g/mol. The highest BCUT2D eigenvalue weighted by Gasteiger charge is 2.65. The molecule has 162 valence electrons. The topological polar surface area (TPSA) is 110 Å². The summed E-state index contributed by atoms with van der Waals surface area (Å²) in [5.74, 6) is -3.94. The van der Waals surface area contributed by atoms with E-state index in [1.807, 2.05) is 0 Å².